The van der Waals surface area contributed by atoms with E-state index in [9.17, 15) is 4.39 Å². The monoisotopic (exact) mass is 259 g/mol. The summed E-state index contributed by atoms with van der Waals surface area (Å²) in [7, 11) is 0. The van der Waals surface area contributed by atoms with Crippen molar-refractivity contribution in [2.75, 3.05) is 13.1 Å². The molecule has 0 bridgehead atoms. The summed E-state index contributed by atoms with van der Waals surface area (Å²) < 4.78 is 19.4. The van der Waals surface area contributed by atoms with Gasteiger partial charge in [-0.1, -0.05) is 0 Å². The SMILES string of the molecule is CC1(Oc2cc(F)ccc2Br)CNC1. The normalized spacial score (nSPS) is 18.8. The molecule has 0 unspecified atom stereocenters. The Morgan fingerprint density at radius 3 is 2.79 bits per heavy atom. The number of nitrogens with one attached hydrogen (secondary N) is 1. The van der Waals surface area contributed by atoms with Crippen molar-refractivity contribution in [3.8, 4) is 5.75 Å². The number of benzene rings is 1. The van der Waals surface area contributed by atoms with Crippen LogP contribution in [0.15, 0.2) is 22.7 Å². The molecule has 1 N–H and O–H groups in total. The van der Waals surface area contributed by atoms with Crippen LogP contribution in [0, 0.1) is 5.82 Å². The summed E-state index contributed by atoms with van der Waals surface area (Å²) in [5, 5.41) is 3.12. The zero-order valence-corrected chi connectivity index (χ0v) is 9.40. The molecule has 0 aliphatic carbocycles. The highest BCUT2D eigenvalue weighted by molar-refractivity contribution is 9.10. The summed E-state index contributed by atoms with van der Waals surface area (Å²) in [5.74, 6) is 0.285. The van der Waals surface area contributed by atoms with E-state index in [1.54, 1.807) is 6.07 Å². The molecular weight excluding hydrogens is 249 g/mol. The largest absolute Gasteiger partial charge is 0.484 e. The van der Waals surface area contributed by atoms with Crippen molar-refractivity contribution in [3.63, 3.8) is 0 Å². The first-order valence-corrected chi connectivity index (χ1v) is 5.23. The smallest absolute Gasteiger partial charge is 0.137 e. The first-order chi connectivity index (χ1) is 6.59. The van der Waals surface area contributed by atoms with Gasteiger partial charge in [0.2, 0.25) is 0 Å². The molecule has 0 atom stereocenters. The second-order valence-corrected chi connectivity index (χ2v) is 4.58. The summed E-state index contributed by atoms with van der Waals surface area (Å²) in [6, 6.07) is 4.45. The van der Waals surface area contributed by atoms with E-state index in [0.29, 0.717) is 5.75 Å². The van der Waals surface area contributed by atoms with Gasteiger partial charge in [-0.2, -0.15) is 0 Å². The Morgan fingerprint density at radius 2 is 2.21 bits per heavy atom. The van der Waals surface area contributed by atoms with E-state index in [-0.39, 0.29) is 11.4 Å². The lowest BCUT2D eigenvalue weighted by Gasteiger charge is -2.39. The fraction of sp³-hybridized carbons (Fsp3) is 0.400. The summed E-state index contributed by atoms with van der Waals surface area (Å²) in [6.07, 6.45) is 0. The number of hydrogen-bond acceptors (Lipinski definition) is 2. The van der Waals surface area contributed by atoms with Gasteiger partial charge in [-0.15, -0.1) is 0 Å². The Bertz CT molecular complexity index is 352. The minimum atomic E-state index is -0.279. The molecule has 0 radical (unpaired) electrons. The quantitative estimate of drug-likeness (QED) is 0.881. The average Bonchev–Trinajstić information content (AvgIpc) is 2.09. The zero-order valence-electron chi connectivity index (χ0n) is 7.81. The molecule has 76 valence electrons. The van der Waals surface area contributed by atoms with Crippen molar-refractivity contribution in [2.24, 2.45) is 0 Å². The van der Waals surface area contributed by atoms with Gasteiger partial charge in [0.05, 0.1) is 4.47 Å². The standard InChI is InChI=1S/C10H11BrFNO/c1-10(5-13-6-10)14-9-4-7(12)2-3-8(9)11/h2-4,13H,5-6H2,1H3. The van der Waals surface area contributed by atoms with Gasteiger partial charge in [-0.3, -0.25) is 0 Å². The van der Waals surface area contributed by atoms with Gasteiger partial charge in [0.25, 0.3) is 0 Å². The van der Waals surface area contributed by atoms with Gasteiger partial charge >= 0.3 is 0 Å². The van der Waals surface area contributed by atoms with Crippen LogP contribution in [0.2, 0.25) is 0 Å². The van der Waals surface area contributed by atoms with Gasteiger partial charge in [0.15, 0.2) is 0 Å². The number of hydrogen-bond donors (Lipinski definition) is 1. The van der Waals surface area contributed by atoms with Crippen molar-refractivity contribution < 1.29 is 9.13 Å². The van der Waals surface area contributed by atoms with Gasteiger partial charge < -0.3 is 10.1 Å². The van der Waals surface area contributed by atoms with Crippen LogP contribution in [0.3, 0.4) is 0 Å². The van der Waals surface area contributed by atoms with E-state index in [1.807, 2.05) is 6.92 Å². The number of halogens is 2. The van der Waals surface area contributed by atoms with Crippen molar-refractivity contribution >= 4 is 15.9 Å². The maximum atomic E-state index is 12.9. The summed E-state index contributed by atoms with van der Waals surface area (Å²) in [5.41, 5.74) is -0.198. The second-order valence-electron chi connectivity index (χ2n) is 3.73. The fourth-order valence-corrected chi connectivity index (χ4v) is 1.70. The molecule has 0 spiro atoms. The van der Waals surface area contributed by atoms with Crippen molar-refractivity contribution in [1.82, 2.24) is 5.32 Å². The average molecular weight is 260 g/mol. The highest BCUT2D eigenvalue weighted by Crippen LogP contribution is 2.30. The third kappa shape index (κ3) is 1.91. The van der Waals surface area contributed by atoms with Crippen LogP contribution >= 0.6 is 15.9 Å². The van der Waals surface area contributed by atoms with E-state index in [4.69, 9.17) is 4.74 Å². The third-order valence-corrected chi connectivity index (χ3v) is 2.90. The highest BCUT2D eigenvalue weighted by Gasteiger charge is 2.34. The predicted octanol–water partition coefficient (Wildman–Crippen LogP) is 2.33. The highest BCUT2D eigenvalue weighted by atomic mass is 79.9. The second kappa shape index (κ2) is 3.51. The third-order valence-electron chi connectivity index (χ3n) is 2.25. The summed E-state index contributed by atoms with van der Waals surface area (Å²) >= 11 is 3.32. The van der Waals surface area contributed by atoms with E-state index in [0.717, 1.165) is 17.6 Å². The first kappa shape index (κ1) is 9.93. The van der Waals surface area contributed by atoms with Gasteiger partial charge in [-0.25, -0.2) is 4.39 Å². The minimum absolute atomic E-state index is 0.198. The van der Waals surface area contributed by atoms with Crippen LogP contribution in [0.4, 0.5) is 4.39 Å². The molecule has 2 rings (SSSR count). The molecule has 0 aromatic heterocycles. The zero-order chi connectivity index (χ0) is 10.2. The van der Waals surface area contributed by atoms with Crippen LogP contribution < -0.4 is 10.1 Å². The first-order valence-electron chi connectivity index (χ1n) is 4.44. The van der Waals surface area contributed by atoms with Crippen molar-refractivity contribution in [2.45, 2.75) is 12.5 Å². The number of rotatable bonds is 2. The lowest BCUT2D eigenvalue weighted by atomic mass is 10.00. The van der Waals surface area contributed by atoms with Crippen LogP contribution in [-0.2, 0) is 0 Å². The van der Waals surface area contributed by atoms with Gasteiger partial charge in [-0.05, 0) is 35.0 Å². The van der Waals surface area contributed by atoms with Gasteiger partial charge in [0, 0.05) is 19.2 Å². The van der Waals surface area contributed by atoms with Crippen LogP contribution in [0.1, 0.15) is 6.92 Å². The molecule has 0 amide bonds. The lowest BCUT2D eigenvalue weighted by molar-refractivity contribution is 0.0339. The van der Waals surface area contributed by atoms with E-state index >= 15 is 0 Å². The Labute approximate surface area is 90.6 Å². The Hall–Kier alpha value is -0.610. The molecular formula is C10H11BrFNO. The molecule has 1 saturated heterocycles. The Balaban J connectivity index is 2.19. The van der Waals surface area contributed by atoms with Crippen molar-refractivity contribution in [3.05, 3.63) is 28.5 Å². The molecule has 1 heterocycles. The predicted molar refractivity (Wildman–Crippen MR) is 56.0 cm³/mol. The Kier molecular flexibility index (Phi) is 2.49. The molecule has 1 fully saturated rings. The molecule has 1 aliphatic heterocycles. The molecule has 4 heteroatoms. The van der Waals surface area contributed by atoms with Crippen LogP contribution in [0.5, 0.6) is 5.75 Å². The molecule has 0 saturated carbocycles. The molecule has 14 heavy (non-hydrogen) atoms. The minimum Gasteiger partial charge on any atom is -0.484 e. The summed E-state index contributed by atoms with van der Waals surface area (Å²) in [6.45, 7) is 3.60. The maximum absolute atomic E-state index is 12.9. The van der Waals surface area contributed by atoms with E-state index in [2.05, 4.69) is 21.2 Å². The molecule has 1 aromatic carbocycles. The van der Waals surface area contributed by atoms with Crippen LogP contribution in [-0.4, -0.2) is 18.7 Å². The van der Waals surface area contributed by atoms with Crippen LogP contribution in [0.25, 0.3) is 0 Å². The molecule has 1 aromatic rings. The maximum Gasteiger partial charge on any atom is 0.137 e. The van der Waals surface area contributed by atoms with E-state index in [1.165, 1.54) is 12.1 Å². The Morgan fingerprint density at radius 1 is 1.50 bits per heavy atom. The molecule has 2 nitrogen and oxygen atoms in total. The lowest BCUT2D eigenvalue weighted by Crippen LogP contribution is -2.61. The van der Waals surface area contributed by atoms with Gasteiger partial charge in [0.1, 0.15) is 17.2 Å². The molecule has 1 aliphatic rings. The van der Waals surface area contributed by atoms with Crippen molar-refractivity contribution in [1.29, 1.82) is 0 Å². The summed E-state index contributed by atoms with van der Waals surface area (Å²) in [4.78, 5) is 0. The van der Waals surface area contributed by atoms with E-state index < -0.39 is 0 Å². The topological polar surface area (TPSA) is 21.3 Å². The number of ether oxygens (including phenoxy) is 1. The fourth-order valence-electron chi connectivity index (χ4n) is 1.37.